The Labute approximate surface area is 104 Å². The van der Waals surface area contributed by atoms with Crippen molar-refractivity contribution in [2.45, 2.75) is 51.6 Å². The van der Waals surface area contributed by atoms with Crippen molar-refractivity contribution in [3.63, 3.8) is 0 Å². The minimum atomic E-state index is -0.0513. The van der Waals surface area contributed by atoms with E-state index in [1.54, 1.807) is 0 Å². The van der Waals surface area contributed by atoms with Crippen molar-refractivity contribution in [1.82, 2.24) is 0 Å². The molecular formula is C14H24O3. The Kier molecular flexibility index (Phi) is 4.21. The monoisotopic (exact) mass is 240 g/mol. The van der Waals surface area contributed by atoms with E-state index in [0.717, 1.165) is 51.9 Å². The van der Waals surface area contributed by atoms with Gasteiger partial charge in [-0.3, -0.25) is 4.79 Å². The number of hydrogen-bond donors (Lipinski definition) is 0. The lowest BCUT2D eigenvalue weighted by atomic mass is 9.76. The second kappa shape index (κ2) is 5.49. The van der Waals surface area contributed by atoms with E-state index in [1.807, 2.05) is 0 Å². The maximum atomic E-state index is 12.3. The highest BCUT2D eigenvalue weighted by Gasteiger charge is 2.41. The molecule has 2 heterocycles. The van der Waals surface area contributed by atoms with Gasteiger partial charge < -0.3 is 9.47 Å². The van der Waals surface area contributed by atoms with Crippen LogP contribution in [-0.2, 0) is 14.3 Å². The zero-order valence-corrected chi connectivity index (χ0v) is 11.0. The van der Waals surface area contributed by atoms with E-state index in [0.29, 0.717) is 5.78 Å². The minimum absolute atomic E-state index is 0.0513. The summed E-state index contributed by atoms with van der Waals surface area (Å²) in [6.45, 7) is 6.45. The van der Waals surface area contributed by atoms with Gasteiger partial charge >= 0.3 is 0 Å². The number of hydrogen-bond acceptors (Lipinski definition) is 3. The fourth-order valence-corrected chi connectivity index (χ4v) is 2.97. The predicted octanol–water partition coefficient (Wildman–Crippen LogP) is 2.58. The van der Waals surface area contributed by atoms with Crippen molar-refractivity contribution in [2.24, 2.45) is 11.8 Å². The van der Waals surface area contributed by atoms with Gasteiger partial charge in [-0.15, -0.1) is 0 Å². The number of rotatable bonds is 3. The first-order valence-electron chi connectivity index (χ1n) is 6.92. The molecule has 3 nitrogen and oxygen atoms in total. The van der Waals surface area contributed by atoms with Crippen LogP contribution < -0.4 is 0 Å². The third kappa shape index (κ3) is 2.89. The zero-order valence-electron chi connectivity index (χ0n) is 11.0. The SMILES string of the molecule is CCC(C)C(=O)C1CCOC2(CCOCC2)C1. The molecule has 1 spiro atoms. The molecule has 17 heavy (non-hydrogen) atoms. The average molecular weight is 240 g/mol. The van der Waals surface area contributed by atoms with Crippen LogP contribution >= 0.6 is 0 Å². The second-order valence-electron chi connectivity index (χ2n) is 5.55. The van der Waals surface area contributed by atoms with Crippen LogP contribution in [0.25, 0.3) is 0 Å². The van der Waals surface area contributed by atoms with Gasteiger partial charge in [0.15, 0.2) is 0 Å². The molecule has 2 aliphatic heterocycles. The highest BCUT2D eigenvalue weighted by atomic mass is 16.5. The van der Waals surface area contributed by atoms with Crippen LogP contribution in [0.2, 0.25) is 0 Å². The van der Waals surface area contributed by atoms with Crippen molar-refractivity contribution in [2.75, 3.05) is 19.8 Å². The first kappa shape index (κ1) is 13.0. The highest BCUT2D eigenvalue weighted by molar-refractivity contribution is 5.83. The molecular weight excluding hydrogens is 216 g/mol. The molecule has 0 aromatic carbocycles. The molecule has 0 aliphatic carbocycles. The minimum Gasteiger partial charge on any atom is -0.381 e. The van der Waals surface area contributed by atoms with Crippen molar-refractivity contribution in [3.8, 4) is 0 Å². The molecule has 2 atom stereocenters. The van der Waals surface area contributed by atoms with Crippen LogP contribution in [0, 0.1) is 11.8 Å². The number of carbonyl (C=O) groups excluding carboxylic acids is 1. The van der Waals surface area contributed by atoms with Gasteiger partial charge in [-0.2, -0.15) is 0 Å². The van der Waals surface area contributed by atoms with Gasteiger partial charge in [0, 0.05) is 31.7 Å². The third-order valence-electron chi connectivity index (χ3n) is 4.40. The van der Waals surface area contributed by atoms with Gasteiger partial charge in [0.1, 0.15) is 5.78 Å². The quantitative estimate of drug-likeness (QED) is 0.760. The normalized spacial score (nSPS) is 30.1. The molecule has 3 heteroatoms. The van der Waals surface area contributed by atoms with Gasteiger partial charge in [-0.05, 0) is 32.1 Å². The number of Topliss-reactive ketones (excluding diaryl/α,β-unsaturated/α-hetero) is 1. The summed E-state index contributed by atoms with van der Waals surface area (Å²) < 4.78 is 11.4. The van der Waals surface area contributed by atoms with Crippen LogP contribution in [0.3, 0.4) is 0 Å². The Morgan fingerprint density at radius 3 is 2.71 bits per heavy atom. The zero-order chi connectivity index (χ0) is 12.3. The molecule has 0 bridgehead atoms. The van der Waals surface area contributed by atoms with Gasteiger partial charge in [-0.25, -0.2) is 0 Å². The van der Waals surface area contributed by atoms with Crippen LogP contribution in [-0.4, -0.2) is 31.2 Å². The van der Waals surface area contributed by atoms with Gasteiger partial charge in [0.05, 0.1) is 5.60 Å². The summed E-state index contributed by atoms with van der Waals surface area (Å²) in [5.41, 5.74) is -0.0513. The molecule has 2 saturated heterocycles. The molecule has 0 N–H and O–H groups in total. The Hall–Kier alpha value is -0.410. The summed E-state index contributed by atoms with van der Waals surface area (Å²) in [6.07, 6.45) is 4.69. The summed E-state index contributed by atoms with van der Waals surface area (Å²) in [4.78, 5) is 12.3. The van der Waals surface area contributed by atoms with Crippen LogP contribution in [0.1, 0.15) is 46.0 Å². The van der Waals surface area contributed by atoms with Crippen LogP contribution in [0.4, 0.5) is 0 Å². The van der Waals surface area contributed by atoms with E-state index in [-0.39, 0.29) is 17.4 Å². The summed E-state index contributed by atoms with van der Waals surface area (Å²) in [5, 5.41) is 0. The molecule has 2 fully saturated rings. The molecule has 2 unspecified atom stereocenters. The Morgan fingerprint density at radius 1 is 1.35 bits per heavy atom. The average Bonchev–Trinajstić information content (AvgIpc) is 2.38. The number of carbonyl (C=O) groups is 1. The Morgan fingerprint density at radius 2 is 2.06 bits per heavy atom. The Balaban J connectivity index is 1.98. The summed E-state index contributed by atoms with van der Waals surface area (Å²) in [5.74, 6) is 0.869. The highest BCUT2D eigenvalue weighted by Crippen LogP contribution is 2.38. The number of ketones is 1. The van der Waals surface area contributed by atoms with E-state index in [2.05, 4.69) is 13.8 Å². The van der Waals surface area contributed by atoms with E-state index in [4.69, 9.17) is 9.47 Å². The third-order valence-corrected chi connectivity index (χ3v) is 4.40. The van der Waals surface area contributed by atoms with E-state index < -0.39 is 0 Å². The fraction of sp³-hybridized carbons (Fsp3) is 0.929. The molecule has 0 radical (unpaired) electrons. The van der Waals surface area contributed by atoms with Crippen LogP contribution in [0.15, 0.2) is 0 Å². The molecule has 0 aromatic heterocycles. The lowest BCUT2D eigenvalue weighted by molar-refractivity contribution is -0.158. The second-order valence-corrected chi connectivity index (χ2v) is 5.55. The van der Waals surface area contributed by atoms with E-state index in [9.17, 15) is 4.79 Å². The molecule has 98 valence electrons. The molecule has 0 aromatic rings. The number of ether oxygens (including phenoxy) is 2. The van der Waals surface area contributed by atoms with Gasteiger partial charge in [0.2, 0.25) is 0 Å². The maximum absolute atomic E-state index is 12.3. The summed E-state index contributed by atoms with van der Waals surface area (Å²) >= 11 is 0. The lowest BCUT2D eigenvalue weighted by Gasteiger charge is -2.43. The molecule has 0 amide bonds. The van der Waals surface area contributed by atoms with Crippen LogP contribution in [0.5, 0.6) is 0 Å². The van der Waals surface area contributed by atoms with Crippen molar-refractivity contribution < 1.29 is 14.3 Å². The first-order valence-corrected chi connectivity index (χ1v) is 6.92. The van der Waals surface area contributed by atoms with E-state index in [1.165, 1.54) is 0 Å². The first-order chi connectivity index (χ1) is 8.17. The van der Waals surface area contributed by atoms with Crippen molar-refractivity contribution in [3.05, 3.63) is 0 Å². The van der Waals surface area contributed by atoms with Crippen molar-refractivity contribution >= 4 is 5.78 Å². The molecule has 2 aliphatic rings. The Bertz CT molecular complexity index is 263. The predicted molar refractivity (Wildman–Crippen MR) is 65.9 cm³/mol. The summed E-state index contributed by atoms with van der Waals surface area (Å²) in [7, 11) is 0. The smallest absolute Gasteiger partial charge is 0.138 e. The van der Waals surface area contributed by atoms with E-state index >= 15 is 0 Å². The summed E-state index contributed by atoms with van der Waals surface area (Å²) in [6, 6.07) is 0. The van der Waals surface area contributed by atoms with Gasteiger partial charge in [0.25, 0.3) is 0 Å². The molecule has 0 saturated carbocycles. The van der Waals surface area contributed by atoms with Gasteiger partial charge in [-0.1, -0.05) is 13.8 Å². The standard InChI is InChI=1S/C14H24O3/c1-3-11(2)13(15)12-4-7-17-14(10-12)5-8-16-9-6-14/h11-12H,3-10H2,1-2H3. The van der Waals surface area contributed by atoms with Crippen molar-refractivity contribution in [1.29, 1.82) is 0 Å². The maximum Gasteiger partial charge on any atom is 0.138 e. The lowest BCUT2D eigenvalue weighted by Crippen LogP contribution is -2.46. The fourth-order valence-electron chi connectivity index (χ4n) is 2.97. The molecule has 2 rings (SSSR count). The largest absolute Gasteiger partial charge is 0.381 e. The topological polar surface area (TPSA) is 35.5 Å².